The van der Waals surface area contributed by atoms with E-state index in [0.29, 0.717) is 19.0 Å². The SMILES string of the molecule is COC(=O)c1nnc2n(c1=O)CCN2c1ccc(C)cc1. The number of methoxy groups -OCH3 is 1. The second-order valence-corrected chi connectivity index (χ2v) is 4.78. The van der Waals surface area contributed by atoms with Crippen molar-refractivity contribution in [2.75, 3.05) is 18.6 Å². The predicted octanol–water partition coefficient (Wildman–Crippen LogP) is 0.885. The van der Waals surface area contributed by atoms with Crippen LogP contribution in [0.1, 0.15) is 16.1 Å². The molecule has 7 heteroatoms. The maximum absolute atomic E-state index is 12.2. The number of aromatic nitrogens is 3. The fourth-order valence-corrected chi connectivity index (χ4v) is 2.31. The zero-order chi connectivity index (χ0) is 15.0. The lowest BCUT2D eigenvalue weighted by Crippen LogP contribution is -2.29. The molecule has 1 aromatic heterocycles. The number of carbonyl (C=O) groups excluding carboxylic acids is 1. The number of esters is 1. The summed E-state index contributed by atoms with van der Waals surface area (Å²) in [6.07, 6.45) is 0. The standard InChI is InChI=1S/C14H14N4O3/c1-9-3-5-10(6-4-9)17-7-8-18-12(19)11(13(20)21-2)15-16-14(17)18/h3-6H,7-8H2,1-2H3. The second kappa shape index (κ2) is 5.01. The molecule has 1 aromatic carbocycles. The van der Waals surface area contributed by atoms with E-state index in [9.17, 15) is 9.59 Å². The predicted molar refractivity (Wildman–Crippen MR) is 75.8 cm³/mol. The first-order chi connectivity index (χ1) is 10.1. The molecule has 0 fully saturated rings. The number of hydrogen-bond donors (Lipinski definition) is 0. The van der Waals surface area contributed by atoms with Crippen LogP contribution in [0, 0.1) is 6.92 Å². The van der Waals surface area contributed by atoms with Crippen LogP contribution in [0.25, 0.3) is 0 Å². The second-order valence-electron chi connectivity index (χ2n) is 4.78. The van der Waals surface area contributed by atoms with Gasteiger partial charge in [-0.2, -0.15) is 0 Å². The Labute approximate surface area is 120 Å². The molecule has 0 radical (unpaired) electrons. The zero-order valence-corrected chi connectivity index (χ0v) is 11.7. The number of carbonyl (C=O) groups is 1. The summed E-state index contributed by atoms with van der Waals surface area (Å²) >= 11 is 0. The topological polar surface area (TPSA) is 77.3 Å². The molecule has 0 bridgehead atoms. The molecule has 0 N–H and O–H groups in total. The molecule has 7 nitrogen and oxygen atoms in total. The highest BCUT2D eigenvalue weighted by atomic mass is 16.5. The van der Waals surface area contributed by atoms with Crippen LogP contribution in [0.2, 0.25) is 0 Å². The first kappa shape index (κ1) is 13.3. The molecule has 1 aliphatic heterocycles. The summed E-state index contributed by atoms with van der Waals surface area (Å²) in [5, 5.41) is 7.72. The van der Waals surface area contributed by atoms with Crippen molar-refractivity contribution in [2.24, 2.45) is 0 Å². The van der Waals surface area contributed by atoms with Gasteiger partial charge in [-0.3, -0.25) is 9.36 Å². The minimum Gasteiger partial charge on any atom is -0.464 e. The quantitative estimate of drug-likeness (QED) is 0.763. The Morgan fingerprint density at radius 3 is 2.57 bits per heavy atom. The van der Waals surface area contributed by atoms with Crippen LogP contribution >= 0.6 is 0 Å². The van der Waals surface area contributed by atoms with E-state index >= 15 is 0 Å². The van der Waals surface area contributed by atoms with Gasteiger partial charge in [-0.05, 0) is 19.1 Å². The van der Waals surface area contributed by atoms with Gasteiger partial charge in [0.05, 0.1) is 7.11 Å². The van der Waals surface area contributed by atoms with Crippen LogP contribution in [-0.2, 0) is 11.3 Å². The van der Waals surface area contributed by atoms with Gasteiger partial charge in [0, 0.05) is 18.8 Å². The number of ether oxygens (including phenoxy) is 1. The molecule has 0 amide bonds. The third-order valence-electron chi connectivity index (χ3n) is 3.44. The minimum atomic E-state index is -0.767. The average molecular weight is 286 g/mol. The van der Waals surface area contributed by atoms with Gasteiger partial charge in [-0.25, -0.2) is 4.79 Å². The van der Waals surface area contributed by atoms with E-state index in [0.717, 1.165) is 11.3 Å². The number of rotatable bonds is 2. The zero-order valence-electron chi connectivity index (χ0n) is 11.7. The Bertz CT molecular complexity index is 752. The first-order valence-electron chi connectivity index (χ1n) is 6.52. The molecule has 0 aliphatic carbocycles. The lowest BCUT2D eigenvalue weighted by atomic mass is 10.2. The highest BCUT2D eigenvalue weighted by Gasteiger charge is 2.27. The molecule has 0 unspecified atom stereocenters. The monoisotopic (exact) mass is 286 g/mol. The van der Waals surface area contributed by atoms with Crippen LogP contribution in [0.4, 0.5) is 11.6 Å². The number of hydrogen-bond acceptors (Lipinski definition) is 6. The van der Waals surface area contributed by atoms with E-state index in [-0.39, 0.29) is 5.69 Å². The minimum absolute atomic E-state index is 0.285. The van der Waals surface area contributed by atoms with Crippen molar-refractivity contribution in [1.29, 1.82) is 0 Å². The number of nitrogens with zero attached hydrogens (tertiary/aromatic N) is 4. The maximum Gasteiger partial charge on any atom is 0.364 e. The average Bonchev–Trinajstić information content (AvgIpc) is 2.92. The van der Waals surface area contributed by atoms with E-state index in [1.165, 1.54) is 11.7 Å². The third-order valence-corrected chi connectivity index (χ3v) is 3.44. The Morgan fingerprint density at radius 2 is 1.90 bits per heavy atom. The molecular weight excluding hydrogens is 272 g/mol. The summed E-state index contributed by atoms with van der Waals surface area (Å²) in [4.78, 5) is 25.6. The number of anilines is 2. The van der Waals surface area contributed by atoms with Gasteiger partial charge in [0.1, 0.15) is 0 Å². The van der Waals surface area contributed by atoms with Crippen molar-refractivity contribution in [2.45, 2.75) is 13.5 Å². The van der Waals surface area contributed by atoms with Crippen LogP contribution in [0.15, 0.2) is 29.1 Å². The lowest BCUT2D eigenvalue weighted by Gasteiger charge is -2.16. The molecular formula is C14H14N4O3. The van der Waals surface area contributed by atoms with Crippen LogP contribution in [-0.4, -0.2) is 34.4 Å². The summed E-state index contributed by atoms with van der Waals surface area (Å²) in [6, 6.07) is 7.91. The third kappa shape index (κ3) is 2.16. The molecule has 108 valence electrons. The van der Waals surface area contributed by atoms with Crippen molar-refractivity contribution in [3.05, 3.63) is 45.9 Å². The molecule has 0 saturated heterocycles. The highest BCUT2D eigenvalue weighted by molar-refractivity contribution is 5.86. The Hall–Kier alpha value is -2.70. The van der Waals surface area contributed by atoms with E-state index in [4.69, 9.17) is 0 Å². The molecule has 2 heterocycles. The fourth-order valence-electron chi connectivity index (χ4n) is 2.31. The van der Waals surface area contributed by atoms with Crippen molar-refractivity contribution in [3.8, 4) is 0 Å². The van der Waals surface area contributed by atoms with Crippen molar-refractivity contribution >= 4 is 17.6 Å². The molecule has 2 aromatic rings. The van der Waals surface area contributed by atoms with Crippen LogP contribution in [0.5, 0.6) is 0 Å². The van der Waals surface area contributed by atoms with E-state index < -0.39 is 11.5 Å². The Kier molecular flexibility index (Phi) is 3.17. The summed E-state index contributed by atoms with van der Waals surface area (Å²) < 4.78 is 5.98. The van der Waals surface area contributed by atoms with Gasteiger partial charge in [0.15, 0.2) is 0 Å². The van der Waals surface area contributed by atoms with E-state index in [2.05, 4.69) is 14.9 Å². The lowest BCUT2D eigenvalue weighted by molar-refractivity contribution is 0.0589. The molecule has 21 heavy (non-hydrogen) atoms. The number of benzene rings is 1. The Morgan fingerprint density at radius 1 is 1.19 bits per heavy atom. The van der Waals surface area contributed by atoms with E-state index in [1.54, 1.807) is 0 Å². The normalized spacial score (nSPS) is 13.1. The fraction of sp³-hybridized carbons (Fsp3) is 0.286. The summed E-state index contributed by atoms with van der Waals surface area (Å²) in [5.41, 5.74) is 1.34. The number of aryl methyl sites for hydroxylation is 1. The van der Waals surface area contributed by atoms with Crippen LogP contribution in [0.3, 0.4) is 0 Å². The van der Waals surface area contributed by atoms with Gasteiger partial charge in [0.25, 0.3) is 5.56 Å². The Balaban J connectivity index is 2.04. The summed E-state index contributed by atoms with van der Waals surface area (Å²) in [6.45, 7) is 3.08. The van der Waals surface area contributed by atoms with Crippen molar-refractivity contribution < 1.29 is 9.53 Å². The van der Waals surface area contributed by atoms with E-state index in [1.807, 2.05) is 36.1 Å². The molecule has 0 atom stereocenters. The maximum atomic E-state index is 12.2. The molecule has 0 spiro atoms. The molecule has 0 saturated carbocycles. The van der Waals surface area contributed by atoms with Gasteiger partial charge in [-0.15, -0.1) is 10.2 Å². The largest absolute Gasteiger partial charge is 0.464 e. The first-order valence-corrected chi connectivity index (χ1v) is 6.52. The van der Waals surface area contributed by atoms with Crippen LogP contribution < -0.4 is 10.5 Å². The van der Waals surface area contributed by atoms with Gasteiger partial charge >= 0.3 is 5.97 Å². The smallest absolute Gasteiger partial charge is 0.364 e. The van der Waals surface area contributed by atoms with Gasteiger partial charge in [-0.1, -0.05) is 17.7 Å². The highest BCUT2D eigenvalue weighted by Crippen LogP contribution is 2.26. The number of fused-ring (bicyclic) bond motifs is 1. The molecule has 3 rings (SSSR count). The van der Waals surface area contributed by atoms with Gasteiger partial charge < -0.3 is 9.64 Å². The van der Waals surface area contributed by atoms with Crippen molar-refractivity contribution in [3.63, 3.8) is 0 Å². The van der Waals surface area contributed by atoms with Crippen molar-refractivity contribution in [1.82, 2.24) is 14.8 Å². The van der Waals surface area contributed by atoms with Gasteiger partial charge in [0.2, 0.25) is 11.6 Å². The summed E-state index contributed by atoms with van der Waals surface area (Å²) in [7, 11) is 1.21. The summed E-state index contributed by atoms with van der Waals surface area (Å²) in [5.74, 6) is -0.326. The molecule has 1 aliphatic rings.